The fourth-order valence-corrected chi connectivity index (χ4v) is 5.52. The number of phenols is 1. The first-order valence-electron chi connectivity index (χ1n) is 10.5. The van der Waals surface area contributed by atoms with Crippen molar-refractivity contribution in [3.05, 3.63) is 65.7 Å². The predicted molar refractivity (Wildman–Crippen MR) is 113 cm³/mol. The molecule has 0 saturated carbocycles. The Labute approximate surface area is 160 Å². The smallest absolute Gasteiger partial charge is 0.119 e. The second kappa shape index (κ2) is 9.26. The van der Waals surface area contributed by atoms with E-state index in [1.165, 1.54) is 44.1 Å². The van der Waals surface area contributed by atoms with Crippen molar-refractivity contribution in [2.75, 3.05) is 0 Å². The summed E-state index contributed by atoms with van der Waals surface area (Å²) in [5, 5.41) is 10.9. The molecule has 1 unspecified atom stereocenters. The molecule has 1 heteroatoms. The molecular weight excluding hydrogens is 316 g/mol. The molecule has 0 aliphatic heterocycles. The number of rotatable bonds is 10. The van der Waals surface area contributed by atoms with Crippen LogP contribution in [0.15, 0.2) is 54.6 Å². The molecule has 142 valence electrons. The van der Waals surface area contributed by atoms with Gasteiger partial charge < -0.3 is 5.11 Å². The normalized spacial score (nSPS) is 14.2. The first-order valence-corrected chi connectivity index (χ1v) is 10.5. The second-order valence-electron chi connectivity index (χ2n) is 7.67. The van der Waals surface area contributed by atoms with Crippen molar-refractivity contribution in [1.29, 1.82) is 0 Å². The van der Waals surface area contributed by atoms with Crippen molar-refractivity contribution >= 4 is 0 Å². The molecule has 0 aliphatic carbocycles. The van der Waals surface area contributed by atoms with Crippen LogP contribution in [0.25, 0.3) is 0 Å². The van der Waals surface area contributed by atoms with E-state index in [0.29, 0.717) is 5.75 Å². The van der Waals surface area contributed by atoms with Gasteiger partial charge in [0.15, 0.2) is 0 Å². The van der Waals surface area contributed by atoms with Crippen LogP contribution < -0.4 is 0 Å². The van der Waals surface area contributed by atoms with E-state index in [0.717, 1.165) is 12.0 Å². The van der Waals surface area contributed by atoms with Crippen LogP contribution >= 0.6 is 0 Å². The largest absolute Gasteiger partial charge is 0.508 e. The van der Waals surface area contributed by atoms with Crippen LogP contribution in [-0.4, -0.2) is 5.11 Å². The zero-order chi connectivity index (χ0) is 19.0. The topological polar surface area (TPSA) is 20.2 Å². The highest BCUT2D eigenvalue weighted by Gasteiger charge is 2.51. The minimum Gasteiger partial charge on any atom is -0.508 e. The third-order valence-electron chi connectivity index (χ3n) is 6.25. The van der Waals surface area contributed by atoms with Crippen molar-refractivity contribution in [2.24, 2.45) is 5.41 Å². The molecule has 0 radical (unpaired) electrons. The average Bonchev–Trinajstić information content (AvgIpc) is 2.66. The van der Waals surface area contributed by atoms with Gasteiger partial charge in [0.25, 0.3) is 0 Å². The van der Waals surface area contributed by atoms with Crippen molar-refractivity contribution < 1.29 is 5.11 Å². The number of phenolic OH excluding ortho intramolecular Hbond substituents is 1. The standard InChI is InChI=1S/C25H36O/c1-5-18-24(19-6-2,20-7-3)25(8-4,21-14-10-9-11-15-21)22-16-12-13-17-23(22)26/h9-17,26H,5-8,18-20H2,1-4H3. The molecule has 0 heterocycles. The molecule has 0 bridgehead atoms. The third-order valence-corrected chi connectivity index (χ3v) is 6.25. The van der Waals surface area contributed by atoms with Gasteiger partial charge in [0, 0.05) is 11.0 Å². The van der Waals surface area contributed by atoms with Crippen LogP contribution in [0.3, 0.4) is 0 Å². The first-order chi connectivity index (χ1) is 12.6. The Morgan fingerprint density at radius 1 is 0.692 bits per heavy atom. The molecule has 2 aromatic carbocycles. The molecule has 0 aliphatic rings. The summed E-state index contributed by atoms with van der Waals surface area (Å²) < 4.78 is 0. The number of hydrogen-bond donors (Lipinski definition) is 1. The Kier molecular flexibility index (Phi) is 7.32. The molecule has 2 aromatic rings. The van der Waals surface area contributed by atoms with Crippen molar-refractivity contribution in [2.45, 2.75) is 78.1 Å². The number of hydrogen-bond acceptors (Lipinski definition) is 1. The van der Waals surface area contributed by atoms with Crippen LogP contribution in [0, 0.1) is 5.41 Å². The van der Waals surface area contributed by atoms with E-state index in [1.54, 1.807) is 0 Å². The van der Waals surface area contributed by atoms with Crippen LogP contribution in [-0.2, 0) is 5.41 Å². The summed E-state index contributed by atoms with van der Waals surface area (Å²) in [6.07, 6.45) is 8.06. The van der Waals surface area contributed by atoms with Crippen LogP contribution in [0.1, 0.15) is 83.8 Å². The van der Waals surface area contributed by atoms with Gasteiger partial charge in [-0.25, -0.2) is 0 Å². The molecule has 26 heavy (non-hydrogen) atoms. The van der Waals surface area contributed by atoms with E-state index in [9.17, 15) is 5.11 Å². The Balaban J connectivity index is 2.86. The Bertz CT molecular complexity index is 644. The van der Waals surface area contributed by atoms with Gasteiger partial charge in [-0.15, -0.1) is 0 Å². The summed E-state index contributed by atoms with van der Waals surface area (Å²) >= 11 is 0. The maximum Gasteiger partial charge on any atom is 0.119 e. The maximum absolute atomic E-state index is 10.9. The molecule has 1 N–H and O–H groups in total. The van der Waals surface area contributed by atoms with E-state index in [4.69, 9.17) is 0 Å². The van der Waals surface area contributed by atoms with Crippen molar-refractivity contribution in [3.8, 4) is 5.75 Å². The highest BCUT2D eigenvalue weighted by atomic mass is 16.3. The van der Waals surface area contributed by atoms with Crippen molar-refractivity contribution in [1.82, 2.24) is 0 Å². The lowest BCUT2D eigenvalue weighted by molar-refractivity contribution is 0.0940. The molecule has 0 aromatic heterocycles. The summed E-state index contributed by atoms with van der Waals surface area (Å²) in [5.41, 5.74) is 2.44. The summed E-state index contributed by atoms with van der Waals surface area (Å²) in [6, 6.07) is 19.0. The van der Waals surface area contributed by atoms with E-state index >= 15 is 0 Å². The van der Waals surface area contributed by atoms with Gasteiger partial charge in [0.1, 0.15) is 5.75 Å². The van der Waals surface area contributed by atoms with Gasteiger partial charge in [0.05, 0.1) is 0 Å². The van der Waals surface area contributed by atoms with Gasteiger partial charge >= 0.3 is 0 Å². The van der Waals surface area contributed by atoms with Gasteiger partial charge in [-0.05, 0) is 42.7 Å². The fraction of sp³-hybridized carbons (Fsp3) is 0.520. The predicted octanol–water partition coefficient (Wildman–Crippen LogP) is 7.48. The molecule has 0 saturated heterocycles. The highest BCUT2D eigenvalue weighted by molar-refractivity contribution is 5.49. The minimum absolute atomic E-state index is 0.153. The monoisotopic (exact) mass is 352 g/mol. The summed E-state index contributed by atoms with van der Waals surface area (Å²) in [7, 11) is 0. The lowest BCUT2D eigenvalue weighted by atomic mass is 9.51. The van der Waals surface area contributed by atoms with E-state index in [1.807, 2.05) is 12.1 Å². The summed E-state index contributed by atoms with van der Waals surface area (Å²) in [6.45, 7) is 9.21. The lowest BCUT2D eigenvalue weighted by Gasteiger charge is -2.52. The fourth-order valence-electron chi connectivity index (χ4n) is 5.52. The third kappa shape index (κ3) is 3.54. The number of aromatic hydroxyl groups is 1. The Hall–Kier alpha value is -1.76. The molecule has 1 nitrogen and oxygen atoms in total. The van der Waals surface area contributed by atoms with E-state index < -0.39 is 0 Å². The van der Waals surface area contributed by atoms with Gasteiger partial charge in [-0.2, -0.15) is 0 Å². The molecule has 1 atom stereocenters. The molecule has 0 amide bonds. The van der Waals surface area contributed by atoms with Crippen molar-refractivity contribution in [3.63, 3.8) is 0 Å². The SMILES string of the molecule is CCCC(CCC)(CCC)C(CC)(c1ccccc1)c1ccccc1O. The second-order valence-corrected chi connectivity index (χ2v) is 7.67. The molecule has 0 spiro atoms. The summed E-state index contributed by atoms with van der Waals surface area (Å²) in [5.74, 6) is 0.436. The summed E-state index contributed by atoms with van der Waals surface area (Å²) in [4.78, 5) is 0. The van der Waals surface area contributed by atoms with E-state index in [-0.39, 0.29) is 10.8 Å². The van der Waals surface area contributed by atoms with Gasteiger partial charge in [-0.3, -0.25) is 0 Å². The van der Waals surface area contributed by atoms with Crippen LogP contribution in [0.5, 0.6) is 5.75 Å². The Morgan fingerprint density at radius 3 is 1.65 bits per heavy atom. The number of para-hydroxylation sites is 1. The zero-order valence-electron chi connectivity index (χ0n) is 17.1. The molecule has 0 fully saturated rings. The van der Waals surface area contributed by atoms with Crippen LogP contribution in [0.4, 0.5) is 0 Å². The quantitative estimate of drug-likeness (QED) is 0.470. The maximum atomic E-state index is 10.9. The molecular formula is C25H36O. The van der Waals surface area contributed by atoms with E-state index in [2.05, 4.69) is 70.2 Å². The Morgan fingerprint density at radius 2 is 1.19 bits per heavy atom. The zero-order valence-corrected chi connectivity index (χ0v) is 17.1. The lowest BCUT2D eigenvalue weighted by Crippen LogP contribution is -2.46. The van der Waals surface area contributed by atoms with Gasteiger partial charge in [0.2, 0.25) is 0 Å². The highest BCUT2D eigenvalue weighted by Crippen LogP contribution is 2.58. The van der Waals surface area contributed by atoms with Gasteiger partial charge in [-0.1, -0.05) is 95.5 Å². The first kappa shape index (κ1) is 20.6. The number of benzene rings is 2. The average molecular weight is 353 g/mol. The van der Waals surface area contributed by atoms with Crippen LogP contribution in [0.2, 0.25) is 0 Å². The molecule has 2 rings (SSSR count). The minimum atomic E-state index is -0.165.